The normalized spacial score (nSPS) is 18.7. The molecule has 1 aromatic carbocycles. The molecule has 0 aliphatic carbocycles. The van der Waals surface area contributed by atoms with Gasteiger partial charge in [0.15, 0.2) is 0 Å². The van der Waals surface area contributed by atoms with Crippen LogP contribution in [0.15, 0.2) is 53.0 Å². The number of carbonyl (C=O) groups is 1. The first-order valence-electron chi connectivity index (χ1n) is 9.65. The molecule has 10 heteroatoms. The highest BCUT2D eigenvalue weighted by Crippen LogP contribution is 2.34. The highest BCUT2D eigenvalue weighted by Gasteiger charge is 2.35. The van der Waals surface area contributed by atoms with Gasteiger partial charge in [-0.2, -0.15) is 4.31 Å². The molecule has 160 valence electrons. The van der Waals surface area contributed by atoms with E-state index in [1.807, 2.05) is 23.2 Å². The third kappa shape index (κ3) is 4.02. The molecule has 0 N–H and O–H groups in total. The summed E-state index contributed by atoms with van der Waals surface area (Å²) in [4.78, 5) is 19.2. The Morgan fingerprint density at radius 1 is 1.10 bits per heavy atom. The first kappa shape index (κ1) is 21.0. The average Bonchev–Trinajstić information content (AvgIpc) is 3.37. The van der Waals surface area contributed by atoms with Crippen molar-refractivity contribution in [3.8, 4) is 0 Å². The van der Waals surface area contributed by atoms with Crippen molar-refractivity contribution < 1.29 is 13.2 Å². The lowest BCUT2D eigenvalue weighted by Crippen LogP contribution is -2.54. The molecule has 4 heterocycles. The Morgan fingerprint density at radius 2 is 1.94 bits per heavy atom. The minimum atomic E-state index is -3.68. The van der Waals surface area contributed by atoms with Crippen LogP contribution in [0, 0.1) is 0 Å². The Kier molecular flexibility index (Phi) is 5.58. The Hall–Kier alpha value is -1.88. The van der Waals surface area contributed by atoms with Gasteiger partial charge in [-0.05, 0) is 41.1 Å². The van der Waals surface area contributed by atoms with Crippen molar-refractivity contribution in [1.82, 2.24) is 14.2 Å². The molecule has 1 aliphatic rings. The molecule has 3 aromatic heterocycles. The van der Waals surface area contributed by atoms with Crippen molar-refractivity contribution in [2.24, 2.45) is 0 Å². The average molecular weight is 492 g/mol. The van der Waals surface area contributed by atoms with Crippen LogP contribution in [0.1, 0.15) is 4.88 Å². The van der Waals surface area contributed by atoms with Crippen molar-refractivity contribution in [2.75, 3.05) is 19.6 Å². The number of halogens is 1. The molecule has 0 saturated carbocycles. The topological polar surface area (TPSA) is 70.6 Å². The van der Waals surface area contributed by atoms with Crippen LogP contribution in [0.4, 0.5) is 0 Å². The van der Waals surface area contributed by atoms with Crippen LogP contribution in [0.5, 0.6) is 0 Å². The molecule has 6 nitrogen and oxygen atoms in total. The summed E-state index contributed by atoms with van der Waals surface area (Å²) in [5, 5.41) is 2.55. The number of carbonyl (C=O) groups excluding carboxylic acids is 1. The van der Waals surface area contributed by atoms with E-state index in [0.717, 1.165) is 31.3 Å². The van der Waals surface area contributed by atoms with Crippen molar-refractivity contribution in [3.63, 3.8) is 0 Å². The van der Waals surface area contributed by atoms with Crippen LogP contribution in [0.3, 0.4) is 0 Å². The van der Waals surface area contributed by atoms with Crippen molar-refractivity contribution in [1.29, 1.82) is 0 Å². The van der Waals surface area contributed by atoms with E-state index >= 15 is 0 Å². The number of aldehydes is 1. The van der Waals surface area contributed by atoms with Gasteiger partial charge in [-0.1, -0.05) is 17.7 Å². The summed E-state index contributed by atoms with van der Waals surface area (Å²) in [6.45, 7) is 1.59. The summed E-state index contributed by atoms with van der Waals surface area (Å²) < 4.78 is 30.1. The first-order valence-corrected chi connectivity index (χ1v) is 13.1. The molecule has 0 bridgehead atoms. The molecule has 1 unspecified atom stereocenters. The van der Waals surface area contributed by atoms with E-state index in [2.05, 4.69) is 11.1 Å². The van der Waals surface area contributed by atoms with Crippen molar-refractivity contribution >= 4 is 70.8 Å². The molecular formula is C21H18ClN3O3S3. The van der Waals surface area contributed by atoms with E-state index in [4.69, 9.17) is 11.6 Å². The Morgan fingerprint density at radius 3 is 2.74 bits per heavy atom. The second kappa shape index (κ2) is 8.23. The minimum Gasteiger partial charge on any atom is -0.302 e. The maximum atomic E-state index is 13.2. The van der Waals surface area contributed by atoms with Crippen LogP contribution in [-0.4, -0.2) is 54.6 Å². The number of nitrogens with zero attached hydrogens (tertiary/aromatic N) is 3. The number of rotatable bonds is 5. The summed E-state index contributed by atoms with van der Waals surface area (Å²) in [7, 11) is -3.68. The fourth-order valence-electron chi connectivity index (χ4n) is 3.82. The summed E-state index contributed by atoms with van der Waals surface area (Å²) in [5.41, 5.74) is 0. The number of fused-ring (bicyclic) bond motifs is 2. The SMILES string of the molecule is O=CC1CN(S(=O)(=O)c2cc3ccc(Cl)cc3s2)CCN1Cc1cc2ccncc2s1. The van der Waals surface area contributed by atoms with Gasteiger partial charge in [0.2, 0.25) is 0 Å². The van der Waals surface area contributed by atoms with Crippen molar-refractivity contribution in [3.05, 3.63) is 58.7 Å². The number of thiophene rings is 2. The van der Waals surface area contributed by atoms with Gasteiger partial charge in [0.1, 0.15) is 10.5 Å². The third-order valence-corrected chi connectivity index (χ3v) is 10.2. The second-order valence-electron chi connectivity index (χ2n) is 7.41. The molecule has 1 aliphatic heterocycles. The summed E-state index contributed by atoms with van der Waals surface area (Å²) in [6.07, 6.45) is 4.45. The van der Waals surface area contributed by atoms with Gasteiger partial charge in [-0.3, -0.25) is 9.88 Å². The largest absolute Gasteiger partial charge is 0.302 e. The molecular weight excluding hydrogens is 474 g/mol. The van der Waals surface area contributed by atoms with Crippen LogP contribution in [0.2, 0.25) is 5.02 Å². The molecule has 1 fully saturated rings. The summed E-state index contributed by atoms with van der Waals surface area (Å²) >= 11 is 8.89. The van der Waals surface area contributed by atoms with Crippen LogP contribution >= 0.6 is 34.3 Å². The van der Waals surface area contributed by atoms with Gasteiger partial charge >= 0.3 is 0 Å². The van der Waals surface area contributed by atoms with E-state index in [1.165, 1.54) is 15.6 Å². The molecule has 1 atom stereocenters. The van der Waals surface area contributed by atoms with Crippen molar-refractivity contribution in [2.45, 2.75) is 16.8 Å². The Balaban J connectivity index is 1.35. The van der Waals surface area contributed by atoms with E-state index in [1.54, 1.807) is 35.7 Å². The zero-order chi connectivity index (χ0) is 21.6. The molecule has 0 amide bonds. The van der Waals surface area contributed by atoms with Gasteiger partial charge in [-0.25, -0.2) is 8.42 Å². The van der Waals surface area contributed by atoms with E-state index in [0.29, 0.717) is 24.7 Å². The number of hydrogen-bond donors (Lipinski definition) is 0. The zero-order valence-electron chi connectivity index (χ0n) is 16.3. The highest BCUT2D eigenvalue weighted by molar-refractivity contribution is 7.91. The molecule has 0 radical (unpaired) electrons. The van der Waals surface area contributed by atoms with Gasteiger partial charge in [-0.15, -0.1) is 22.7 Å². The Labute approximate surface area is 192 Å². The first-order chi connectivity index (χ1) is 14.9. The predicted molar refractivity (Wildman–Crippen MR) is 125 cm³/mol. The van der Waals surface area contributed by atoms with Gasteiger partial charge < -0.3 is 4.79 Å². The zero-order valence-corrected chi connectivity index (χ0v) is 19.5. The molecule has 0 spiro atoms. The van der Waals surface area contributed by atoms with Gasteiger partial charge in [0, 0.05) is 53.2 Å². The van der Waals surface area contributed by atoms with Crippen LogP contribution in [-0.2, 0) is 21.4 Å². The summed E-state index contributed by atoms with van der Waals surface area (Å²) in [6, 6.07) is 10.6. The number of aromatic nitrogens is 1. The molecule has 4 aromatic rings. The van der Waals surface area contributed by atoms with E-state index in [9.17, 15) is 13.2 Å². The fourth-order valence-corrected chi connectivity index (χ4v) is 8.15. The molecule has 1 saturated heterocycles. The molecule has 5 rings (SSSR count). The highest BCUT2D eigenvalue weighted by atomic mass is 35.5. The number of piperazine rings is 1. The van der Waals surface area contributed by atoms with Crippen LogP contribution < -0.4 is 0 Å². The van der Waals surface area contributed by atoms with Gasteiger partial charge in [0.05, 0.1) is 10.7 Å². The lowest BCUT2D eigenvalue weighted by Gasteiger charge is -2.37. The lowest BCUT2D eigenvalue weighted by molar-refractivity contribution is -0.114. The monoisotopic (exact) mass is 491 g/mol. The Bertz CT molecular complexity index is 1350. The van der Waals surface area contributed by atoms with Crippen LogP contribution in [0.25, 0.3) is 20.2 Å². The number of pyridine rings is 1. The van der Waals surface area contributed by atoms with E-state index < -0.39 is 16.1 Å². The lowest BCUT2D eigenvalue weighted by atomic mass is 10.2. The van der Waals surface area contributed by atoms with Gasteiger partial charge in [0.25, 0.3) is 10.0 Å². The smallest absolute Gasteiger partial charge is 0.252 e. The number of sulfonamides is 1. The quantitative estimate of drug-likeness (QED) is 0.390. The second-order valence-corrected chi connectivity index (χ2v) is 12.3. The number of benzene rings is 1. The standard InChI is InChI=1S/C21H18ClN3O3S3/c22-16-2-1-14-8-21(30-19(14)9-16)31(27,28)25-6-5-24(17(11-25)13-26)12-18-7-15-3-4-23-10-20(15)29-18/h1-4,7-10,13,17H,5-6,11-12H2. The van der Waals surface area contributed by atoms with E-state index in [-0.39, 0.29) is 10.8 Å². The minimum absolute atomic E-state index is 0.146. The third-order valence-electron chi connectivity index (χ3n) is 5.44. The fraction of sp³-hybridized carbons (Fsp3) is 0.238. The predicted octanol–water partition coefficient (Wildman–Crippen LogP) is 4.24. The molecule has 31 heavy (non-hydrogen) atoms. The number of hydrogen-bond acceptors (Lipinski definition) is 7. The summed E-state index contributed by atoms with van der Waals surface area (Å²) in [5.74, 6) is 0. The maximum absolute atomic E-state index is 13.2. The maximum Gasteiger partial charge on any atom is 0.252 e.